The van der Waals surface area contributed by atoms with Crippen molar-refractivity contribution >= 4 is 5.91 Å². The first-order valence-corrected chi connectivity index (χ1v) is 9.09. The monoisotopic (exact) mass is 379 g/mol. The van der Waals surface area contributed by atoms with Crippen LogP contribution < -0.4 is 14.8 Å². The van der Waals surface area contributed by atoms with Crippen molar-refractivity contribution < 1.29 is 14.3 Å². The number of nitrogens with zero attached hydrogens (tertiary/aromatic N) is 2. The lowest BCUT2D eigenvalue weighted by Crippen LogP contribution is -2.27. The second kappa shape index (κ2) is 8.17. The number of carbonyl (C=O) groups is 1. The number of hydrogen-bond acceptors (Lipinski definition) is 4. The molecule has 0 saturated carbocycles. The fraction of sp³-hybridized carbons (Fsp3) is 0.273. The van der Waals surface area contributed by atoms with Gasteiger partial charge in [-0.25, -0.2) is 4.68 Å². The van der Waals surface area contributed by atoms with E-state index >= 15 is 0 Å². The predicted molar refractivity (Wildman–Crippen MR) is 108 cm³/mol. The number of nitrogens with one attached hydrogen (secondary N) is 1. The van der Waals surface area contributed by atoms with E-state index in [1.165, 1.54) is 0 Å². The largest absolute Gasteiger partial charge is 0.497 e. The van der Waals surface area contributed by atoms with Gasteiger partial charge in [0.1, 0.15) is 11.5 Å². The van der Waals surface area contributed by atoms with Crippen molar-refractivity contribution in [1.82, 2.24) is 15.1 Å². The van der Waals surface area contributed by atoms with Gasteiger partial charge in [-0.3, -0.25) is 4.79 Å². The van der Waals surface area contributed by atoms with E-state index in [2.05, 4.69) is 10.4 Å². The summed E-state index contributed by atoms with van der Waals surface area (Å²) >= 11 is 0. The maximum Gasteiger partial charge on any atom is 0.251 e. The number of ether oxygens (including phenoxy) is 2. The molecule has 0 saturated heterocycles. The molecule has 28 heavy (non-hydrogen) atoms. The summed E-state index contributed by atoms with van der Waals surface area (Å²) in [6.07, 6.45) is 0. The minimum Gasteiger partial charge on any atom is -0.497 e. The molecule has 1 N–H and O–H groups in total. The summed E-state index contributed by atoms with van der Waals surface area (Å²) in [4.78, 5) is 12.7. The van der Waals surface area contributed by atoms with E-state index in [0.29, 0.717) is 17.1 Å². The van der Waals surface area contributed by atoms with E-state index < -0.39 is 0 Å². The second-order valence-electron chi connectivity index (χ2n) is 6.69. The number of aryl methyl sites for hydroxylation is 2. The zero-order valence-electron chi connectivity index (χ0n) is 16.8. The van der Waals surface area contributed by atoms with E-state index in [1.807, 2.05) is 61.9 Å². The van der Waals surface area contributed by atoms with Gasteiger partial charge in [-0.2, -0.15) is 5.10 Å². The van der Waals surface area contributed by atoms with Crippen LogP contribution in [-0.4, -0.2) is 29.9 Å². The molecule has 0 fully saturated rings. The van der Waals surface area contributed by atoms with Crippen LogP contribution in [0.2, 0.25) is 0 Å². The molecule has 1 unspecified atom stereocenters. The van der Waals surface area contributed by atoms with Gasteiger partial charge in [0.15, 0.2) is 0 Å². The summed E-state index contributed by atoms with van der Waals surface area (Å²) in [5.74, 6) is 1.26. The summed E-state index contributed by atoms with van der Waals surface area (Å²) in [7, 11) is 3.22. The fourth-order valence-electron chi connectivity index (χ4n) is 3.18. The van der Waals surface area contributed by atoms with Crippen LogP contribution >= 0.6 is 0 Å². The minimum absolute atomic E-state index is 0.155. The first-order chi connectivity index (χ1) is 13.4. The third kappa shape index (κ3) is 4.01. The SMILES string of the molecule is COc1ccc(OC)c(C(C)NC(=O)c2ccc(-n3nc(C)cc3C)cc2)c1. The number of amides is 1. The Morgan fingerprint density at radius 1 is 1.04 bits per heavy atom. The summed E-state index contributed by atoms with van der Waals surface area (Å²) in [5.41, 5.74) is 4.37. The third-order valence-electron chi connectivity index (χ3n) is 4.63. The van der Waals surface area contributed by atoms with Gasteiger partial charge in [0.25, 0.3) is 5.91 Å². The topological polar surface area (TPSA) is 65.4 Å². The van der Waals surface area contributed by atoms with Crippen LogP contribution in [0.25, 0.3) is 5.69 Å². The Bertz CT molecular complexity index is 977. The average molecular weight is 379 g/mol. The normalized spacial score (nSPS) is 11.8. The van der Waals surface area contributed by atoms with Gasteiger partial charge in [0.2, 0.25) is 0 Å². The van der Waals surface area contributed by atoms with E-state index in [0.717, 1.165) is 22.6 Å². The zero-order chi connectivity index (χ0) is 20.3. The van der Waals surface area contributed by atoms with Crippen LogP contribution in [-0.2, 0) is 0 Å². The summed E-state index contributed by atoms with van der Waals surface area (Å²) < 4.78 is 12.6. The number of rotatable bonds is 6. The zero-order valence-corrected chi connectivity index (χ0v) is 16.8. The van der Waals surface area contributed by atoms with Crippen molar-refractivity contribution in [2.24, 2.45) is 0 Å². The van der Waals surface area contributed by atoms with Gasteiger partial charge in [0, 0.05) is 16.8 Å². The van der Waals surface area contributed by atoms with Crippen molar-refractivity contribution in [2.75, 3.05) is 14.2 Å². The Hall–Kier alpha value is -3.28. The number of hydrogen-bond donors (Lipinski definition) is 1. The molecular formula is C22H25N3O3. The highest BCUT2D eigenvalue weighted by Gasteiger charge is 2.16. The van der Waals surface area contributed by atoms with Gasteiger partial charge in [-0.05, 0) is 69.3 Å². The maximum atomic E-state index is 12.7. The Kier molecular flexibility index (Phi) is 5.68. The van der Waals surface area contributed by atoms with Crippen molar-refractivity contribution in [3.63, 3.8) is 0 Å². The molecule has 0 aliphatic carbocycles. The molecule has 1 amide bonds. The number of carbonyl (C=O) groups excluding carboxylic acids is 1. The molecule has 3 aromatic rings. The highest BCUT2D eigenvalue weighted by Crippen LogP contribution is 2.29. The van der Waals surface area contributed by atoms with Gasteiger partial charge in [-0.1, -0.05) is 0 Å². The standard InChI is InChI=1S/C22H25N3O3/c1-14-12-15(2)25(24-14)18-8-6-17(7-9-18)22(26)23-16(3)20-13-19(27-4)10-11-21(20)28-5/h6-13,16H,1-5H3,(H,23,26). The second-order valence-corrected chi connectivity index (χ2v) is 6.69. The average Bonchev–Trinajstić information content (AvgIpc) is 3.05. The fourth-order valence-corrected chi connectivity index (χ4v) is 3.18. The van der Waals surface area contributed by atoms with Gasteiger partial charge in [-0.15, -0.1) is 0 Å². The van der Waals surface area contributed by atoms with Crippen LogP contribution in [0.4, 0.5) is 0 Å². The molecule has 1 aromatic heterocycles. The summed E-state index contributed by atoms with van der Waals surface area (Å²) in [6.45, 7) is 5.88. The van der Waals surface area contributed by atoms with Crippen LogP contribution in [0.15, 0.2) is 48.5 Å². The van der Waals surface area contributed by atoms with Crippen molar-refractivity contribution in [3.05, 3.63) is 71.0 Å². The molecule has 6 heteroatoms. The van der Waals surface area contributed by atoms with Crippen molar-refractivity contribution in [1.29, 1.82) is 0 Å². The molecule has 1 atom stereocenters. The third-order valence-corrected chi connectivity index (χ3v) is 4.63. The minimum atomic E-state index is -0.242. The van der Waals surface area contributed by atoms with Crippen LogP contribution in [0, 0.1) is 13.8 Å². The van der Waals surface area contributed by atoms with Gasteiger partial charge >= 0.3 is 0 Å². The highest BCUT2D eigenvalue weighted by molar-refractivity contribution is 5.94. The van der Waals surface area contributed by atoms with Gasteiger partial charge < -0.3 is 14.8 Å². The lowest BCUT2D eigenvalue weighted by molar-refractivity contribution is 0.0939. The number of benzene rings is 2. The molecule has 6 nitrogen and oxygen atoms in total. The van der Waals surface area contributed by atoms with Crippen LogP contribution in [0.5, 0.6) is 11.5 Å². The molecule has 0 aliphatic heterocycles. The maximum absolute atomic E-state index is 12.7. The molecule has 0 spiro atoms. The van der Waals surface area contributed by atoms with E-state index in [1.54, 1.807) is 26.4 Å². The van der Waals surface area contributed by atoms with Crippen LogP contribution in [0.3, 0.4) is 0 Å². The molecule has 0 aliphatic rings. The smallest absolute Gasteiger partial charge is 0.251 e. The molecule has 0 bridgehead atoms. The first kappa shape index (κ1) is 19.5. The van der Waals surface area contributed by atoms with E-state index in [4.69, 9.17) is 9.47 Å². The Balaban J connectivity index is 1.77. The molecule has 1 heterocycles. The molecule has 0 radical (unpaired) electrons. The first-order valence-electron chi connectivity index (χ1n) is 9.09. The Morgan fingerprint density at radius 2 is 1.75 bits per heavy atom. The van der Waals surface area contributed by atoms with Crippen molar-refractivity contribution in [2.45, 2.75) is 26.8 Å². The molecule has 146 valence electrons. The van der Waals surface area contributed by atoms with Crippen molar-refractivity contribution in [3.8, 4) is 17.2 Å². The quantitative estimate of drug-likeness (QED) is 0.703. The predicted octanol–water partition coefficient (Wildman–Crippen LogP) is 4.00. The number of methoxy groups -OCH3 is 2. The Morgan fingerprint density at radius 3 is 2.32 bits per heavy atom. The molecular weight excluding hydrogens is 354 g/mol. The van der Waals surface area contributed by atoms with Crippen LogP contribution in [0.1, 0.15) is 40.3 Å². The number of aromatic nitrogens is 2. The summed E-state index contributed by atoms with van der Waals surface area (Å²) in [6, 6.07) is 14.7. The van der Waals surface area contributed by atoms with E-state index in [9.17, 15) is 4.79 Å². The van der Waals surface area contributed by atoms with Gasteiger partial charge in [0.05, 0.1) is 31.6 Å². The lowest BCUT2D eigenvalue weighted by atomic mass is 10.1. The van der Waals surface area contributed by atoms with E-state index in [-0.39, 0.29) is 11.9 Å². The highest BCUT2D eigenvalue weighted by atomic mass is 16.5. The molecule has 2 aromatic carbocycles. The molecule has 3 rings (SSSR count). The lowest BCUT2D eigenvalue weighted by Gasteiger charge is -2.18. The summed E-state index contributed by atoms with van der Waals surface area (Å²) in [5, 5.41) is 7.49. The Labute approximate surface area is 165 Å².